The van der Waals surface area contributed by atoms with E-state index < -0.39 is 0 Å². The zero-order valence-electron chi connectivity index (χ0n) is 10.8. The van der Waals surface area contributed by atoms with Crippen LogP contribution in [0.1, 0.15) is 25.3 Å². The van der Waals surface area contributed by atoms with Gasteiger partial charge < -0.3 is 15.3 Å². The molecular formula is C14H21BrN2O. The van der Waals surface area contributed by atoms with E-state index in [0.29, 0.717) is 11.8 Å². The third-order valence-electron chi connectivity index (χ3n) is 3.40. The number of phenolic OH excluding ortho intramolecular Hbond substituents is 1. The van der Waals surface area contributed by atoms with Crippen molar-refractivity contribution < 1.29 is 5.11 Å². The summed E-state index contributed by atoms with van der Waals surface area (Å²) in [6.45, 7) is 6.69. The van der Waals surface area contributed by atoms with Crippen molar-refractivity contribution in [2.75, 3.05) is 19.6 Å². The maximum atomic E-state index is 9.44. The molecule has 1 atom stereocenters. The fourth-order valence-corrected chi connectivity index (χ4v) is 2.80. The van der Waals surface area contributed by atoms with Gasteiger partial charge in [-0.2, -0.15) is 0 Å². The summed E-state index contributed by atoms with van der Waals surface area (Å²) in [7, 11) is 0. The number of hydrogen-bond donors (Lipinski definition) is 2. The summed E-state index contributed by atoms with van der Waals surface area (Å²) in [5.41, 5.74) is 1.19. The Morgan fingerprint density at radius 2 is 2.11 bits per heavy atom. The Hall–Kier alpha value is -0.580. The van der Waals surface area contributed by atoms with Crippen molar-refractivity contribution in [1.82, 2.24) is 10.2 Å². The van der Waals surface area contributed by atoms with Gasteiger partial charge in [0.15, 0.2) is 0 Å². The smallest absolute Gasteiger partial charge is 0.129 e. The molecule has 0 bridgehead atoms. The molecule has 0 saturated carbocycles. The van der Waals surface area contributed by atoms with E-state index in [-0.39, 0.29) is 0 Å². The summed E-state index contributed by atoms with van der Waals surface area (Å²) in [5, 5.41) is 13.0. The van der Waals surface area contributed by atoms with Crippen molar-refractivity contribution in [2.45, 2.75) is 32.4 Å². The van der Waals surface area contributed by atoms with Gasteiger partial charge in [0.05, 0.1) is 4.47 Å². The van der Waals surface area contributed by atoms with Crippen LogP contribution in [-0.2, 0) is 6.54 Å². The van der Waals surface area contributed by atoms with Gasteiger partial charge in [-0.25, -0.2) is 0 Å². The number of likely N-dealkylation sites (tertiary alicyclic amines) is 1. The summed E-state index contributed by atoms with van der Waals surface area (Å²) in [5.74, 6) is 0.295. The second-order valence-corrected chi connectivity index (χ2v) is 5.93. The zero-order chi connectivity index (χ0) is 13.0. The molecule has 1 fully saturated rings. The molecule has 0 aromatic heterocycles. The molecule has 2 rings (SSSR count). The van der Waals surface area contributed by atoms with Gasteiger partial charge in [0.1, 0.15) is 5.75 Å². The third-order valence-corrected chi connectivity index (χ3v) is 4.03. The highest BCUT2D eigenvalue weighted by molar-refractivity contribution is 9.10. The number of phenols is 1. The van der Waals surface area contributed by atoms with E-state index in [1.54, 1.807) is 6.07 Å². The van der Waals surface area contributed by atoms with Gasteiger partial charge in [-0.1, -0.05) is 6.07 Å². The monoisotopic (exact) mass is 312 g/mol. The number of nitrogens with zero attached hydrogens (tertiary/aromatic N) is 1. The predicted octanol–water partition coefficient (Wildman–Crippen LogP) is 2.73. The highest BCUT2D eigenvalue weighted by Crippen LogP contribution is 2.24. The molecule has 1 aromatic rings. The highest BCUT2D eigenvalue weighted by atomic mass is 79.9. The normalized spacial score (nSPS) is 18.1. The fraction of sp³-hybridized carbons (Fsp3) is 0.571. The number of benzene rings is 1. The number of nitrogens with one attached hydrogen (secondary N) is 1. The van der Waals surface area contributed by atoms with E-state index in [0.717, 1.165) is 17.6 Å². The van der Waals surface area contributed by atoms with Crippen LogP contribution in [0.15, 0.2) is 22.7 Å². The van der Waals surface area contributed by atoms with Crippen LogP contribution in [0.5, 0.6) is 5.75 Å². The van der Waals surface area contributed by atoms with E-state index in [1.807, 2.05) is 12.1 Å². The van der Waals surface area contributed by atoms with Crippen LogP contribution in [-0.4, -0.2) is 35.7 Å². The molecule has 2 N–H and O–H groups in total. The molecule has 4 heteroatoms. The second-order valence-electron chi connectivity index (χ2n) is 5.08. The Labute approximate surface area is 117 Å². The van der Waals surface area contributed by atoms with Crippen LogP contribution in [0.2, 0.25) is 0 Å². The lowest BCUT2D eigenvalue weighted by atomic mass is 10.2. The summed E-state index contributed by atoms with van der Waals surface area (Å²) in [6.07, 6.45) is 2.69. The van der Waals surface area contributed by atoms with Crippen LogP contribution in [0, 0.1) is 0 Å². The summed E-state index contributed by atoms with van der Waals surface area (Å²) in [4.78, 5) is 2.52. The van der Waals surface area contributed by atoms with Crippen molar-refractivity contribution in [3.63, 3.8) is 0 Å². The number of aromatic hydroxyl groups is 1. The molecule has 100 valence electrons. The largest absolute Gasteiger partial charge is 0.507 e. The molecule has 1 aromatic carbocycles. The molecule has 1 saturated heterocycles. The molecule has 0 aliphatic carbocycles. The lowest BCUT2D eigenvalue weighted by molar-refractivity contribution is 0.298. The first-order valence-corrected chi connectivity index (χ1v) is 7.37. The Bertz CT molecular complexity index is 391. The topological polar surface area (TPSA) is 35.5 Å². The van der Waals surface area contributed by atoms with Gasteiger partial charge in [-0.15, -0.1) is 0 Å². The zero-order valence-corrected chi connectivity index (χ0v) is 12.4. The van der Waals surface area contributed by atoms with Gasteiger partial charge >= 0.3 is 0 Å². The average molecular weight is 313 g/mol. The van der Waals surface area contributed by atoms with Crippen LogP contribution in [0.3, 0.4) is 0 Å². The van der Waals surface area contributed by atoms with E-state index in [4.69, 9.17) is 0 Å². The van der Waals surface area contributed by atoms with Crippen LogP contribution >= 0.6 is 15.9 Å². The maximum absolute atomic E-state index is 9.44. The van der Waals surface area contributed by atoms with Crippen LogP contribution in [0.25, 0.3) is 0 Å². The lowest BCUT2D eigenvalue weighted by Crippen LogP contribution is -2.37. The molecule has 0 radical (unpaired) electrons. The lowest BCUT2D eigenvalue weighted by Gasteiger charge is -2.21. The molecule has 0 spiro atoms. The van der Waals surface area contributed by atoms with Crippen molar-refractivity contribution in [3.8, 4) is 5.75 Å². The summed E-state index contributed by atoms with van der Waals surface area (Å²) in [6, 6.07) is 6.14. The fourth-order valence-electron chi connectivity index (χ4n) is 2.37. The minimum Gasteiger partial charge on any atom is -0.507 e. The molecule has 1 heterocycles. The van der Waals surface area contributed by atoms with Crippen molar-refractivity contribution in [2.24, 2.45) is 0 Å². The molecule has 1 aliphatic heterocycles. The average Bonchev–Trinajstić information content (AvgIpc) is 2.83. The summed E-state index contributed by atoms with van der Waals surface area (Å²) >= 11 is 3.34. The maximum Gasteiger partial charge on any atom is 0.129 e. The van der Waals surface area contributed by atoms with E-state index in [9.17, 15) is 5.11 Å². The molecule has 18 heavy (non-hydrogen) atoms. The second kappa shape index (κ2) is 6.55. The van der Waals surface area contributed by atoms with Crippen LogP contribution in [0.4, 0.5) is 0 Å². The Morgan fingerprint density at radius 1 is 1.39 bits per heavy atom. The van der Waals surface area contributed by atoms with Crippen molar-refractivity contribution >= 4 is 15.9 Å². The van der Waals surface area contributed by atoms with E-state index in [2.05, 4.69) is 33.1 Å². The minimum atomic E-state index is 0.295. The number of rotatable bonds is 5. The van der Waals surface area contributed by atoms with Gasteiger partial charge in [0.25, 0.3) is 0 Å². The Kier molecular flexibility index (Phi) is 5.03. The SMILES string of the molecule is CC(CN1CCCC1)NCc1ccc(O)c(Br)c1. The van der Waals surface area contributed by atoms with Crippen LogP contribution < -0.4 is 5.32 Å². The number of halogens is 1. The third kappa shape index (κ3) is 3.97. The molecule has 1 aliphatic rings. The van der Waals surface area contributed by atoms with Crippen molar-refractivity contribution in [1.29, 1.82) is 0 Å². The van der Waals surface area contributed by atoms with E-state index >= 15 is 0 Å². The predicted molar refractivity (Wildman–Crippen MR) is 77.8 cm³/mol. The first kappa shape index (κ1) is 13.8. The molecule has 3 nitrogen and oxygen atoms in total. The quantitative estimate of drug-likeness (QED) is 0.877. The highest BCUT2D eigenvalue weighted by Gasteiger charge is 2.14. The minimum absolute atomic E-state index is 0.295. The van der Waals surface area contributed by atoms with Gasteiger partial charge in [0, 0.05) is 19.1 Å². The molecular weight excluding hydrogens is 292 g/mol. The molecule has 0 amide bonds. The molecule has 1 unspecified atom stereocenters. The standard InChI is InChI=1S/C14H21BrN2O/c1-11(10-17-6-2-3-7-17)16-9-12-4-5-14(18)13(15)8-12/h4-5,8,11,16,18H,2-3,6-7,9-10H2,1H3. The number of hydrogen-bond acceptors (Lipinski definition) is 3. The van der Waals surface area contributed by atoms with E-state index in [1.165, 1.54) is 31.5 Å². The van der Waals surface area contributed by atoms with Gasteiger partial charge in [-0.3, -0.25) is 0 Å². The Morgan fingerprint density at radius 3 is 2.78 bits per heavy atom. The first-order chi connectivity index (χ1) is 8.65. The van der Waals surface area contributed by atoms with Crippen molar-refractivity contribution in [3.05, 3.63) is 28.2 Å². The Balaban J connectivity index is 1.77. The first-order valence-electron chi connectivity index (χ1n) is 6.58. The van der Waals surface area contributed by atoms with Gasteiger partial charge in [0.2, 0.25) is 0 Å². The van der Waals surface area contributed by atoms with Gasteiger partial charge in [-0.05, 0) is 66.5 Å². The summed E-state index contributed by atoms with van der Waals surface area (Å²) < 4.78 is 0.758.